The number of para-hydroxylation sites is 1. The van der Waals surface area contributed by atoms with Crippen molar-refractivity contribution in [1.82, 2.24) is 5.32 Å². The number of carbonyl (C=O) groups excluding carboxylic acids is 1. The second-order valence-electron chi connectivity index (χ2n) is 4.03. The number of benzene rings is 1. The Morgan fingerprint density at radius 2 is 2.25 bits per heavy atom. The predicted octanol–water partition coefficient (Wildman–Crippen LogP) is 1.56. The van der Waals surface area contributed by atoms with Gasteiger partial charge in [-0.25, -0.2) is 0 Å². The number of methoxy groups -OCH3 is 1. The predicted molar refractivity (Wildman–Crippen MR) is 62.5 cm³/mol. The zero-order valence-electron chi connectivity index (χ0n) is 9.32. The van der Waals surface area contributed by atoms with Gasteiger partial charge in [0, 0.05) is 6.04 Å². The van der Waals surface area contributed by atoms with Gasteiger partial charge in [-0.3, -0.25) is 4.79 Å². The standard InChI is InChI=1S/C12H16N2O2/c1-16-11-9(6-3-7-10(11)13)12(15)14-8-4-2-5-8/h3,6-8H,2,4-5,13H2,1H3,(H,14,15). The summed E-state index contributed by atoms with van der Waals surface area (Å²) in [5.74, 6) is 0.355. The maximum atomic E-state index is 11.9. The van der Waals surface area contributed by atoms with E-state index in [9.17, 15) is 4.79 Å². The Hall–Kier alpha value is -1.71. The molecule has 0 unspecified atom stereocenters. The zero-order chi connectivity index (χ0) is 11.5. The number of hydrogen-bond acceptors (Lipinski definition) is 3. The number of ether oxygens (including phenoxy) is 1. The second kappa shape index (κ2) is 4.43. The highest BCUT2D eigenvalue weighted by Gasteiger charge is 2.22. The zero-order valence-corrected chi connectivity index (χ0v) is 9.32. The molecule has 0 radical (unpaired) electrons. The molecule has 1 fully saturated rings. The highest BCUT2D eigenvalue weighted by atomic mass is 16.5. The van der Waals surface area contributed by atoms with Crippen LogP contribution in [0.1, 0.15) is 29.6 Å². The Morgan fingerprint density at radius 1 is 1.50 bits per heavy atom. The van der Waals surface area contributed by atoms with Crippen LogP contribution in [0.3, 0.4) is 0 Å². The Bertz CT molecular complexity index is 400. The molecule has 1 amide bonds. The van der Waals surface area contributed by atoms with E-state index < -0.39 is 0 Å². The Balaban J connectivity index is 2.18. The van der Waals surface area contributed by atoms with E-state index in [4.69, 9.17) is 10.5 Å². The van der Waals surface area contributed by atoms with Gasteiger partial charge in [-0.15, -0.1) is 0 Å². The first-order valence-electron chi connectivity index (χ1n) is 5.45. The van der Waals surface area contributed by atoms with Gasteiger partial charge in [0.25, 0.3) is 5.91 Å². The molecule has 16 heavy (non-hydrogen) atoms. The first-order valence-corrected chi connectivity index (χ1v) is 5.45. The molecular weight excluding hydrogens is 204 g/mol. The molecule has 1 aliphatic carbocycles. The summed E-state index contributed by atoms with van der Waals surface area (Å²) in [5, 5.41) is 2.96. The van der Waals surface area contributed by atoms with Crippen LogP contribution in [0.25, 0.3) is 0 Å². The molecule has 1 aromatic carbocycles. The lowest BCUT2D eigenvalue weighted by Gasteiger charge is -2.26. The van der Waals surface area contributed by atoms with Crippen LogP contribution in [0.4, 0.5) is 5.69 Å². The highest BCUT2D eigenvalue weighted by molar-refractivity contribution is 5.98. The van der Waals surface area contributed by atoms with Crippen LogP contribution >= 0.6 is 0 Å². The van der Waals surface area contributed by atoms with Gasteiger partial charge in [0.15, 0.2) is 5.75 Å². The van der Waals surface area contributed by atoms with E-state index in [1.165, 1.54) is 13.5 Å². The van der Waals surface area contributed by atoms with Crippen molar-refractivity contribution in [2.45, 2.75) is 25.3 Å². The third-order valence-corrected chi connectivity index (χ3v) is 2.93. The van der Waals surface area contributed by atoms with E-state index in [0.717, 1.165) is 12.8 Å². The van der Waals surface area contributed by atoms with E-state index in [1.807, 2.05) is 0 Å². The quantitative estimate of drug-likeness (QED) is 0.760. The monoisotopic (exact) mass is 220 g/mol. The number of nitrogens with one attached hydrogen (secondary N) is 1. The molecule has 0 spiro atoms. The smallest absolute Gasteiger partial charge is 0.255 e. The topological polar surface area (TPSA) is 64.3 Å². The number of hydrogen-bond donors (Lipinski definition) is 2. The summed E-state index contributed by atoms with van der Waals surface area (Å²) in [6.07, 6.45) is 3.33. The van der Waals surface area contributed by atoms with E-state index >= 15 is 0 Å². The van der Waals surface area contributed by atoms with Crippen LogP contribution in [-0.2, 0) is 0 Å². The third-order valence-electron chi connectivity index (χ3n) is 2.93. The SMILES string of the molecule is COc1c(N)cccc1C(=O)NC1CCC1. The summed E-state index contributed by atoms with van der Waals surface area (Å²) in [6, 6.07) is 5.52. The summed E-state index contributed by atoms with van der Waals surface area (Å²) < 4.78 is 5.14. The number of anilines is 1. The minimum absolute atomic E-state index is 0.103. The molecule has 4 heteroatoms. The van der Waals surface area contributed by atoms with Gasteiger partial charge in [-0.1, -0.05) is 6.07 Å². The maximum Gasteiger partial charge on any atom is 0.255 e. The van der Waals surface area contributed by atoms with Crippen molar-refractivity contribution in [3.8, 4) is 5.75 Å². The molecular formula is C12H16N2O2. The molecule has 1 saturated carbocycles. The fourth-order valence-electron chi connectivity index (χ4n) is 1.78. The summed E-state index contributed by atoms with van der Waals surface area (Å²) in [6.45, 7) is 0. The second-order valence-corrected chi connectivity index (χ2v) is 4.03. The van der Waals surface area contributed by atoms with Crippen molar-refractivity contribution in [1.29, 1.82) is 0 Å². The minimum atomic E-state index is -0.103. The van der Waals surface area contributed by atoms with Crippen LogP contribution in [0.5, 0.6) is 5.75 Å². The highest BCUT2D eigenvalue weighted by Crippen LogP contribution is 2.26. The van der Waals surface area contributed by atoms with Crippen molar-refractivity contribution >= 4 is 11.6 Å². The molecule has 86 valence electrons. The van der Waals surface area contributed by atoms with Crippen LogP contribution < -0.4 is 15.8 Å². The number of rotatable bonds is 3. The van der Waals surface area contributed by atoms with E-state index in [0.29, 0.717) is 23.0 Å². The van der Waals surface area contributed by atoms with Crippen LogP contribution in [0.15, 0.2) is 18.2 Å². The first-order chi connectivity index (χ1) is 7.72. The lowest BCUT2D eigenvalue weighted by atomic mass is 9.93. The number of nitrogens with two attached hydrogens (primary N) is 1. The minimum Gasteiger partial charge on any atom is -0.494 e. The van der Waals surface area contributed by atoms with Crippen molar-refractivity contribution < 1.29 is 9.53 Å². The average molecular weight is 220 g/mol. The normalized spacial score (nSPS) is 15.3. The molecule has 0 heterocycles. The molecule has 0 aromatic heterocycles. The number of amides is 1. The van der Waals surface area contributed by atoms with E-state index in [1.54, 1.807) is 18.2 Å². The van der Waals surface area contributed by atoms with Crippen LogP contribution in [-0.4, -0.2) is 19.1 Å². The van der Waals surface area contributed by atoms with E-state index in [-0.39, 0.29) is 5.91 Å². The first kappa shape index (κ1) is 10.8. The molecule has 4 nitrogen and oxygen atoms in total. The summed E-state index contributed by atoms with van der Waals surface area (Å²) in [4.78, 5) is 11.9. The van der Waals surface area contributed by atoms with Gasteiger partial charge in [-0.05, 0) is 31.4 Å². The van der Waals surface area contributed by atoms with Crippen LogP contribution in [0.2, 0.25) is 0 Å². The van der Waals surface area contributed by atoms with Crippen molar-refractivity contribution in [2.24, 2.45) is 0 Å². The summed E-state index contributed by atoms with van der Waals surface area (Å²) >= 11 is 0. The largest absolute Gasteiger partial charge is 0.494 e. The Labute approximate surface area is 94.8 Å². The number of nitrogen functional groups attached to an aromatic ring is 1. The lowest BCUT2D eigenvalue weighted by molar-refractivity contribution is 0.0914. The van der Waals surface area contributed by atoms with Gasteiger partial charge in [0.1, 0.15) is 0 Å². The molecule has 1 aromatic rings. The Kier molecular flexibility index (Phi) is 2.99. The van der Waals surface area contributed by atoms with Gasteiger partial charge in [0.2, 0.25) is 0 Å². The molecule has 0 aliphatic heterocycles. The van der Waals surface area contributed by atoms with Crippen molar-refractivity contribution in [3.63, 3.8) is 0 Å². The van der Waals surface area contributed by atoms with Crippen LogP contribution in [0, 0.1) is 0 Å². The van der Waals surface area contributed by atoms with Crippen molar-refractivity contribution in [2.75, 3.05) is 12.8 Å². The fraction of sp³-hybridized carbons (Fsp3) is 0.417. The molecule has 3 N–H and O–H groups in total. The fourth-order valence-corrected chi connectivity index (χ4v) is 1.78. The van der Waals surface area contributed by atoms with E-state index in [2.05, 4.69) is 5.32 Å². The lowest BCUT2D eigenvalue weighted by Crippen LogP contribution is -2.39. The molecule has 0 atom stereocenters. The van der Waals surface area contributed by atoms with Gasteiger partial charge >= 0.3 is 0 Å². The molecule has 1 aliphatic rings. The van der Waals surface area contributed by atoms with Gasteiger partial charge < -0.3 is 15.8 Å². The van der Waals surface area contributed by atoms with Gasteiger partial charge in [0.05, 0.1) is 18.4 Å². The Morgan fingerprint density at radius 3 is 2.81 bits per heavy atom. The summed E-state index contributed by atoms with van der Waals surface area (Å²) in [7, 11) is 1.52. The third kappa shape index (κ3) is 1.96. The molecule has 0 saturated heterocycles. The average Bonchev–Trinajstić information content (AvgIpc) is 2.22. The maximum absolute atomic E-state index is 11.9. The number of carbonyl (C=O) groups is 1. The summed E-state index contributed by atoms with van der Waals surface area (Å²) in [5.41, 5.74) is 6.74. The van der Waals surface area contributed by atoms with Gasteiger partial charge in [-0.2, -0.15) is 0 Å². The molecule has 2 rings (SSSR count). The molecule has 0 bridgehead atoms. The van der Waals surface area contributed by atoms with Crippen molar-refractivity contribution in [3.05, 3.63) is 23.8 Å².